The van der Waals surface area contributed by atoms with Crippen molar-refractivity contribution in [2.24, 2.45) is 0 Å². The molecule has 0 radical (unpaired) electrons. The van der Waals surface area contributed by atoms with Crippen LogP contribution in [0.4, 0.5) is 5.69 Å². The zero-order chi connectivity index (χ0) is 13.2. The summed E-state index contributed by atoms with van der Waals surface area (Å²) in [6.07, 6.45) is 4.22. The molecule has 1 aliphatic rings. The summed E-state index contributed by atoms with van der Waals surface area (Å²) in [5.41, 5.74) is 9.09. The minimum Gasteiger partial charge on any atom is -0.487 e. The van der Waals surface area contributed by atoms with Crippen LogP contribution in [0.5, 0.6) is 5.75 Å². The number of nitrogen functional groups attached to an aromatic ring is 1. The highest BCUT2D eigenvalue weighted by molar-refractivity contribution is 9.10. The maximum absolute atomic E-state index is 6.07. The summed E-state index contributed by atoms with van der Waals surface area (Å²) in [6.45, 7) is 0.558. The van der Waals surface area contributed by atoms with E-state index in [1.807, 2.05) is 18.2 Å². The van der Waals surface area contributed by atoms with Crippen molar-refractivity contribution in [2.45, 2.75) is 5.92 Å². The number of allylic oxidation sites excluding steroid dienone is 1. The predicted molar refractivity (Wildman–Crippen MR) is 81.5 cm³/mol. The molecule has 0 aliphatic carbocycles. The Bertz CT molecular complexity index is 622. The summed E-state index contributed by atoms with van der Waals surface area (Å²) in [7, 11) is 0. The zero-order valence-electron chi connectivity index (χ0n) is 10.3. The summed E-state index contributed by atoms with van der Waals surface area (Å²) in [4.78, 5) is 0. The highest BCUT2D eigenvalue weighted by Gasteiger charge is 2.20. The van der Waals surface area contributed by atoms with Gasteiger partial charge < -0.3 is 10.5 Å². The van der Waals surface area contributed by atoms with Crippen LogP contribution in [0.2, 0.25) is 0 Å². The number of benzene rings is 2. The third kappa shape index (κ3) is 2.38. The van der Waals surface area contributed by atoms with Crippen LogP contribution >= 0.6 is 15.9 Å². The van der Waals surface area contributed by atoms with E-state index in [-0.39, 0.29) is 5.92 Å². The topological polar surface area (TPSA) is 35.2 Å². The first kappa shape index (κ1) is 12.3. The molecule has 0 spiro atoms. The van der Waals surface area contributed by atoms with Crippen molar-refractivity contribution in [3.8, 4) is 5.75 Å². The Morgan fingerprint density at radius 3 is 2.74 bits per heavy atom. The van der Waals surface area contributed by atoms with Crippen molar-refractivity contribution in [2.75, 3.05) is 12.3 Å². The van der Waals surface area contributed by atoms with Gasteiger partial charge in [-0.15, -0.1) is 0 Å². The van der Waals surface area contributed by atoms with E-state index >= 15 is 0 Å². The van der Waals surface area contributed by atoms with E-state index in [2.05, 4.69) is 52.3 Å². The second-order valence-corrected chi connectivity index (χ2v) is 5.46. The second-order valence-electron chi connectivity index (χ2n) is 4.54. The van der Waals surface area contributed by atoms with Crippen LogP contribution in [0, 0.1) is 0 Å². The van der Waals surface area contributed by atoms with E-state index in [4.69, 9.17) is 10.5 Å². The minimum atomic E-state index is 0.179. The number of halogens is 1. The molecule has 19 heavy (non-hydrogen) atoms. The molecule has 0 saturated heterocycles. The van der Waals surface area contributed by atoms with E-state index in [1.165, 1.54) is 5.56 Å². The molecule has 0 fully saturated rings. The number of anilines is 1. The Balaban J connectivity index is 2.18. The molecule has 0 unspecified atom stereocenters. The molecule has 2 nitrogen and oxygen atoms in total. The highest BCUT2D eigenvalue weighted by atomic mass is 79.9. The molecule has 2 aromatic rings. The van der Waals surface area contributed by atoms with Crippen molar-refractivity contribution in [3.05, 3.63) is 70.2 Å². The standard InChI is InChI=1S/C16H14BrNO/c17-12-9-14-13(11-5-2-1-3-6-11)7-4-8-19-16(14)15(18)10-12/h1-7,9-10,13H,8,18H2/t13-/m1/s1. The van der Waals surface area contributed by atoms with Gasteiger partial charge in [-0.1, -0.05) is 58.4 Å². The quantitative estimate of drug-likeness (QED) is 0.635. The number of hydrogen-bond donors (Lipinski definition) is 1. The van der Waals surface area contributed by atoms with Gasteiger partial charge >= 0.3 is 0 Å². The third-order valence-electron chi connectivity index (χ3n) is 3.26. The first-order valence-corrected chi connectivity index (χ1v) is 6.98. The van der Waals surface area contributed by atoms with Crippen LogP contribution in [0.15, 0.2) is 59.1 Å². The van der Waals surface area contributed by atoms with Gasteiger partial charge in [-0.05, 0) is 17.7 Å². The molecule has 2 N–H and O–H groups in total. The molecule has 0 bridgehead atoms. The van der Waals surface area contributed by atoms with Gasteiger partial charge in [-0.3, -0.25) is 0 Å². The number of rotatable bonds is 1. The predicted octanol–water partition coefficient (Wildman–Crippen LogP) is 4.11. The molecular formula is C16H14BrNO. The fourth-order valence-corrected chi connectivity index (χ4v) is 2.91. The van der Waals surface area contributed by atoms with Gasteiger partial charge in [-0.2, -0.15) is 0 Å². The maximum atomic E-state index is 6.07. The van der Waals surface area contributed by atoms with E-state index in [9.17, 15) is 0 Å². The van der Waals surface area contributed by atoms with Crippen molar-refractivity contribution < 1.29 is 4.74 Å². The Morgan fingerprint density at radius 2 is 1.95 bits per heavy atom. The average molecular weight is 316 g/mol. The summed E-state index contributed by atoms with van der Waals surface area (Å²) < 4.78 is 6.73. The molecule has 3 heteroatoms. The molecule has 0 aromatic heterocycles. The monoisotopic (exact) mass is 315 g/mol. The molecule has 1 atom stereocenters. The summed E-state index contributed by atoms with van der Waals surface area (Å²) in [6, 6.07) is 14.3. The van der Waals surface area contributed by atoms with E-state index in [0.29, 0.717) is 12.3 Å². The van der Waals surface area contributed by atoms with Crippen molar-refractivity contribution in [1.82, 2.24) is 0 Å². The van der Waals surface area contributed by atoms with Gasteiger partial charge in [0.1, 0.15) is 12.4 Å². The molecule has 96 valence electrons. The third-order valence-corrected chi connectivity index (χ3v) is 3.72. The van der Waals surface area contributed by atoms with Crippen molar-refractivity contribution >= 4 is 21.6 Å². The van der Waals surface area contributed by atoms with Gasteiger partial charge in [-0.25, -0.2) is 0 Å². The van der Waals surface area contributed by atoms with Gasteiger partial charge in [0.2, 0.25) is 0 Å². The fourth-order valence-electron chi connectivity index (χ4n) is 2.41. The van der Waals surface area contributed by atoms with Gasteiger partial charge in [0.15, 0.2) is 0 Å². The molecular weight excluding hydrogens is 302 g/mol. The van der Waals surface area contributed by atoms with Crippen LogP contribution in [0.3, 0.4) is 0 Å². The van der Waals surface area contributed by atoms with Gasteiger partial charge in [0.25, 0.3) is 0 Å². The SMILES string of the molecule is Nc1cc(Br)cc2c1OCC=C[C@@H]2c1ccccc1. The average Bonchev–Trinajstić information content (AvgIpc) is 2.62. The normalized spacial score (nSPS) is 17.4. The van der Waals surface area contributed by atoms with E-state index in [0.717, 1.165) is 15.8 Å². The number of ether oxygens (including phenoxy) is 1. The summed E-state index contributed by atoms with van der Waals surface area (Å²) in [5.74, 6) is 0.973. The Kier molecular flexibility index (Phi) is 3.30. The molecule has 0 amide bonds. The van der Waals surface area contributed by atoms with E-state index in [1.54, 1.807) is 0 Å². The Labute approximate surface area is 121 Å². The first-order valence-electron chi connectivity index (χ1n) is 6.19. The number of fused-ring (bicyclic) bond motifs is 1. The molecule has 2 aromatic carbocycles. The first-order chi connectivity index (χ1) is 9.25. The Morgan fingerprint density at radius 1 is 1.16 bits per heavy atom. The molecule has 3 rings (SSSR count). The van der Waals surface area contributed by atoms with E-state index < -0.39 is 0 Å². The number of hydrogen-bond acceptors (Lipinski definition) is 2. The zero-order valence-corrected chi connectivity index (χ0v) is 11.9. The second kappa shape index (κ2) is 5.10. The lowest BCUT2D eigenvalue weighted by Gasteiger charge is -2.17. The molecule has 0 saturated carbocycles. The van der Waals surface area contributed by atoms with Crippen LogP contribution in [-0.4, -0.2) is 6.61 Å². The summed E-state index contributed by atoms with van der Waals surface area (Å²) in [5, 5.41) is 0. The van der Waals surface area contributed by atoms with Crippen LogP contribution in [0.1, 0.15) is 17.0 Å². The molecule has 1 aliphatic heterocycles. The van der Waals surface area contributed by atoms with Crippen LogP contribution in [0.25, 0.3) is 0 Å². The minimum absolute atomic E-state index is 0.179. The smallest absolute Gasteiger partial charge is 0.146 e. The lowest BCUT2D eigenvalue weighted by atomic mass is 9.90. The molecule has 1 heterocycles. The largest absolute Gasteiger partial charge is 0.487 e. The van der Waals surface area contributed by atoms with Crippen molar-refractivity contribution in [3.63, 3.8) is 0 Å². The number of nitrogens with two attached hydrogens (primary N) is 1. The van der Waals surface area contributed by atoms with Gasteiger partial charge in [0.05, 0.1) is 5.69 Å². The highest BCUT2D eigenvalue weighted by Crippen LogP contribution is 2.40. The lowest BCUT2D eigenvalue weighted by Crippen LogP contribution is -2.03. The van der Waals surface area contributed by atoms with Crippen molar-refractivity contribution in [1.29, 1.82) is 0 Å². The summed E-state index contributed by atoms with van der Waals surface area (Å²) >= 11 is 3.51. The van der Waals surface area contributed by atoms with Crippen LogP contribution in [-0.2, 0) is 0 Å². The maximum Gasteiger partial charge on any atom is 0.146 e. The Hall–Kier alpha value is -1.74. The van der Waals surface area contributed by atoms with Gasteiger partial charge in [0, 0.05) is 16.0 Å². The van der Waals surface area contributed by atoms with Crippen LogP contribution < -0.4 is 10.5 Å². The lowest BCUT2D eigenvalue weighted by molar-refractivity contribution is 0.364. The fraction of sp³-hybridized carbons (Fsp3) is 0.125.